The zero-order valence-electron chi connectivity index (χ0n) is 15.9. The summed E-state index contributed by atoms with van der Waals surface area (Å²) in [6, 6.07) is 11.5. The van der Waals surface area contributed by atoms with Crippen molar-refractivity contribution in [2.24, 2.45) is 0 Å². The summed E-state index contributed by atoms with van der Waals surface area (Å²) in [5.74, 6) is -0.502. The van der Waals surface area contributed by atoms with Gasteiger partial charge in [0.2, 0.25) is 0 Å². The molecule has 3 heterocycles. The summed E-state index contributed by atoms with van der Waals surface area (Å²) in [5.41, 5.74) is 3.51. The second kappa shape index (κ2) is 8.91. The standard InChI is InChI=1S/C21H19BrN6O2/c22-16-5-3-14(4-6-16)10-15-11-26-19-17(12-27-28(19)13-15)20(29)24-8-9-25-21(30)18-2-1-7-23-18/h1-7,11-13,23H,8-10H2,(H,24,29)(H,25,30). The van der Waals surface area contributed by atoms with Crippen LogP contribution < -0.4 is 10.6 Å². The molecule has 4 rings (SSSR count). The van der Waals surface area contributed by atoms with Crippen LogP contribution in [0.25, 0.3) is 5.65 Å². The van der Waals surface area contributed by atoms with E-state index in [2.05, 4.69) is 41.6 Å². The molecule has 0 saturated heterocycles. The molecule has 4 aromatic rings. The van der Waals surface area contributed by atoms with Gasteiger partial charge in [0, 0.05) is 42.6 Å². The lowest BCUT2D eigenvalue weighted by molar-refractivity contribution is 0.0926. The van der Waals surface area contributed by atoms with Crippen LogP contribution in [0, 0.1) is 0 Å². The fourth-order valence-corrected chi connectivity index (χ4v) is 3.28. The second-order valence-electron chi connectivity index (χ2n) is 6.69. The fourth-order valence-electron chi connectivity index (χ4n) is 3.02. The van der Waals surface area contributed by atoms with Crippen LogP contribution in [0.1, 0.15) is 32.0 Å². The highest BCUT2D eigenvalue weighted by Gasteiger charge is 2.14. The van der Waals surface area contributed by atoms with Gasteiger partial charge >= 0.3 is 0 Å². The first-order valence-electron chi connectivity index (χ1n) is 9.36. The van der Waals surface area contributed by atoms with Crippen molar-refractivity contribution in [3.63, 3.8) is 0 Å². The largest absolute Gasteiger partial charge is 0.357 e. The van der Waals surface area contributed by atoms with Gasteiger partial charge in [-0.25, -0.2) is 9.50 Å². The third-order valence-electron chi connectivity index (χ3n) is 4.51. The third kappa shape index (κ3) is 4.57. The van der Waals surface area contributed by atoms with Gasteiger partial charge in [-0.2, -0.15) is 5.10 Å². The molecule has 0 bridgehead atoms. The van der Waals surface area contributed by atoms with E-state index in [4.69, 9.17) is 0 Å². The molecule has 0 spiro atoms. The first-order chi connectivity index (χ1) is 14.6. The van der Waals surface area contributed by atoms with Gasteiger partial charge in [0.15, 0.2) is 5.65 Å². The highest BCUT2D eigenvalue weighted by molar-refractivity contribution is 9.10. The number of carbonyl (C=O) groups is 2. The number of rotatable bonds is 7. The lowest BCUT2D eigenvalue weighted by Gasteiger charge is -2.06. The predicted molar refractivity (Wildman–Crippen MR) is 115 cm³/mol. The maximum Gasteiger partial charge on any atom is 0.267 e. The molecule has 1 aromatic carbocycles. The number of nitrogens with zero attached hydrogens (tertiary/aromatic N) is 3. The number of aromatic amines is 1. The van der Waals surface area contributed by atoms with E-state index < -0.39 is 0 Å². The number of carbonyl (C=O) groups excluding carboxylic acids is 2. The van der Waals surface area contributed by atoms with Crippen molar-refractivity contribution in [1.29, 1.82) is 0 Å². The van der Waals surface area contributed by atoms with Gasteiger partial charge in [-0.1, -0.05) is 28.1 Å². The fraction of sp³-hybridized carbons (Fsp3) is 0.143. The number of nitrogens with one attached hydrogen (secondary N) is 3. The van der Waals surface area contributed by atoms with Crippen LogP contribution in [-0.2, 0) is 6.42 Å². The number of fused-ring (bicyclic) bond motifs is 1. The zero-order valence-corrected chi connectivity index (χ0v) is 17.5. The molecule has 0 fully saturated rings. The smallest absolute Gasteiger partial charge is 0.267 e. The van der Waals surface area contributed by atoms with Crippen molar-refractivity contribution in [3.8, 4) is 0 Å². The number of aromatic nitrogens is 4. The van der Waals surface area contributed by atoms with Gasteiger partial charge in [-0.05, 0) is 35.4 Å². The quantitative estimate of drug-likeness (QED) is 0.364. The molecule has 152 valence electrons. The van der Waals surface area contributed by atoms with E-state index in [1.54, 1.807) is 29.0 Å². The molecular weight excluding hydrogens is 448 g/mol. The topological polar surface area (TPSA) is 104 Å². The Morgan fingerprint density at radius 1 is 1.00 bits per heavy atom. The molecule has 30 heavy (non-hydrogen) atoms. The lowest BCUT2D eigenvalue weighted by Crippen LogP contribution is -2.34. The molecule has 0 aliphatic heterocycles. The molecule has 0 aliphatic carbocycles. The normalized spacial score (nSPS) is 10.8. The minimum Gasteiger partial charge on any atom is -0.357 e. The number of H-pyrrole nitrogens is 1. The maximum atomic E-state index is 12.5. The van der Waals surface area contributed by atoms with Crippen LogP contribution in [0.5, 0.6) is 0 Å². The number of amides is 2. The van der Waals surface area contributed by atoms with Crippen LogP contribution in [0.3, 0.4) is 0 Å². The Morgan fingerprint density at radius 2 is 1.77 bits per heavy atom. The summed E-state index contributed by atoms with van der Waals surface area (Å²) in [5, 5.41) is 9.77. The summed E-state index contributed by atoms with van der Waals surface area (Å²) in [7, 11) is 0. The molecule has 9 heteroatoms. The summed E-state index contributed by atoms with van der Waals surface area (Å²) >= 11 is 3.43. The first-order valence-corrected chi connectivity index (χ1v) is 10.2. The molecule has 0 aliphatic rings. The molecule has 3 N–H and O–H groups in total. The Kier molecular flexibility index (Phi) is 5.89. The Labute approximate surface area is 180 Å². The molecular formula is C21H19BrN6O2. The molecule has 8 nitrogen and oxygen atoms in total. The van der Waals surface area contributed by atoms with Crippen molar-refractivity contribution in [2.45, 2.75) is 6.42 Å². The van der Waals surface area contributed by atoms with Crippen molar-refractivity contribution < 1.29 is 9.59 Å². The number of halogens is 1. The molecule has 2 amide bonds. The van der Waals surface area contributed by atoms with E-state index in [-0.39, 0.29) is 11.8 Å². The van der Waals surface area contributed by atoms with Crippen molar-refractivity contribution in [2.75, 3.05) is 13.1 Å². The summed E-state index contributed by atoms with van der Waals surface area (Å²) in [6.45, 7) is 0.609. The van der Waals surface area contributed by atoms with Gasteiger partial charge < -0.3 is 15.6 Å². The SMILES string of the molecule is O=C(NCCNC(=O)c1cnn2cc(Cc3ccc(Br)cc3)cnc12)c1ccc[nH]1. The van der Waals surface area contributed by atoms with E-state index >= 15 is 0 Å². The van der Waals surface area contributed by atoms with Gasteiger partial charge in [-0.3, -0.25) is 9.59 Å². The van der Waals surface area contributed by atoms with Crippen LogP contribution >= 0.6 is 15.9 Å². The molecule has 0 unspecified atom stereocenters. The highest BCUT2D eigenvalue weighted by Crippen LogP contribution is 2.15. The van der Waals surface area contributed by atoms with E-state index in [0.717, 1.165) is 22.0 Å². The average molecular weight is 467 g/mol. The second-order valence-corrected chi connectivity index (χ2v) is 7.60. The van der Waals surface area contributed by atoms with Gasteiger partial charge in [0.1, 0.15) is 11.3 Å². The predicted octanol–water partition coefficient (Wildman–Crippen LogP) is 2.57. The Morgan fingerprint density at radius 3 is 2.50 bits per heavy atom. The van der Waals surface area contributed by atoms with Crippen LogP contribution in [0.4, 0.5) is 0 Å². The molecule has 0 atom stereocenters. The van der Waals surface area contributed by atoms with E-state index in [1.807, 2.05) is 30.5 Å². The van der Waals surface area contributed by atoms with Crippen molar-refractivity contribution in [3.05, 3.63) is 88.0 Å². The molecule has 0 saturated carbocycles. The third-order valence-corrected chi connectivity index (χ3v) is 5.04. The van der Waals surface area contributed by atoms with Crippen molar-refractivity contribution in [1.82, 2.24) is 30.2 Å². The number of hydrogen-bond donors (Lipinski definition) is 3. The zero-order chi connectivity index (χ0) is 20.9. The van der Waals surface area contributed by atoms with Crippen molar-refractivity contribution >= 4 is 33.4 Å². The van der Waals surface area contributed by atoms with E-state index in [9.17, 15) is 9.59 Å². The number of hydrogen-bond acceptors (Lipinski definition) is 4. The minimum absolute atomic E-state index is 0.217. The molecule has 3 aromatic heterocycles. The molecule has 0 radical (unpaired) electrons. The van der Waals surface area contributed by atoms with Crippen LogP contribution in [0.2, 0.25) is 0 Å². The summed E-state index contributed by atoms with van der Waals surface area (Å²) in [6.07, 6.45) is 7.53. The van der Waals surface area contributed by atoms with Gasteiger partial charge in [0.25, 0.3) is 11.8 Å². The number of benzene rings is 1. The summed E-state index contributed by atoms with van der Waals surface area (Å²) < 4.78 is 2.64. The lowest BCUT2D eigenvalue weighted by atomic mass is 10.1. The Balaban J connectivity index is 1.35. The van der Waals surface area contributed by atoms with Crippen LogP contribution in [-0.4, -0.2) is 44.5 Å². The minimum atomic E-state index is -0.285. The van der Waals surface area contributed by atoms with E-state index in [0.29, 0.717) is 30.0 Å². The van der Waals surface area contributed by atoms with Crippen LogP contribution in [0.15, 0.2) is 65.7 Å². The Bertz CT molecular complexity index is 1170. The average Bonchev–Trinajstić information content (AvgIpc) is 3.42. The summed E-state index contributed by atoms with van der Waals surface area (Å²) in [4.78, 5) is 31.6. The highest BCUT2D eigenvalue weighted by atomic mass is 79.9. The van der Waals surface area contributed by atoms with Gasteiger partial charge in [-0.15, -0.1) is 0 Å². The van der Waals surface area contributed by atoms with Gasteiger partial charge in [0.05, 0.1) is 6.20 Å². The maximum absolute atomic E-state index is 12.5. The Hall–Kier alpha value is -3.46. The first kappa shape index (κ1) is 19.8. The monoisotopic (exact) mass is 466 g/mol. The van der Waals surface area contributed by atoms with E-state index in [1.165, 1.54) is 6.20 Å².